The summed E-state index contributed by atoms with van der Waals surface area (Å²) in [7, 11) is 1.53. The van der Waals surface area contributed by atoms with Crippen molar-refractivity contribution in [2.45, 2.75) is 6.61 Å². The van der Waals surface area contributed by atoms with Gasteiger partial charge in [-0.15, -0.1) is 0 Å². The van der Waals surface area contributed by atoms with Crippen LogP contribution < -0.4 is 14.9 Å². The van der Waals surface area contributed by atoms with Crippen molar-refractivity contribution in [2.75, 3.05) is 7.11 Å². The van der Waals surface area contributed by atoms with Crippen LogP contribution in [0.3, 0.4) is 0 Å². The number of phenolic OH excluding ortho intramolecular Hbond substituents is 1. The molecule has 1 amide bonds. The molecule has 0 heterocycles. The van der Waals surface area contributed by atoms with Gasteiger partial charge in [0, 0.05) is 15.1 Å². The maximum Gasteiger partial charge on any atom is 0.275 e. The fraction of sp³-hybridized carbons (Fsp3) is 0.0909. The van der Waals surface area contributed by atoms with E-state index in [9.17, 15) is 9.90 Å². The first kappa shape index (κ1) is 23.1. The summed E-state index contributed by atoms with van der Waals surface area (Å²) in [6.45, 7) is 0.272. The number of hydrogen-bond donors (Lipinski definition) is 2. The van der Waals surface area contributed by atoms with Crippen LogP contribution in [0.2, 0.25) is 5.02 Å². The van der Waals surface area contributed by atoms with Crippen LogP contribution in [0.15, 0.2) is 68.6 Å². The van der Waals surface area contributed by atoms with Gasteiger partial charge in [-0.1, -0.05) is 45.7 Å². The van der Waals surface area contributed by atoms with E-state index >= 15 is 0 Å². The number of carbonyl (C=O) groups is 1. The lowest BCUT2D eigenvalue weighted by molar-refractivity contribution is 0.0952. The van der Waals surface area contributed by atoms with Crippen molar-refractivity contribution in [3.05, 3.63) is 85.3 Å². The number of ether oxygens (including phenoxy) is 2. The molecule has 0 saturated heterocycles. The first-order chi connectivity index (χ1) is 14.9. The molecule has 3 aromatic rings. The summed E-state index contributed by atoms with van der Waals surface area (Å²) >= 11 is 12.9. The molecule has 2 N–H and O–H groups in total. The van der Waals surface area contributed by atoms with Gasteiger partial charge in [-0.25, -0.2) is 5.43 Å². The fourth-order valence-electron chi connectivity index (χ4n) is 2.64. The molecule has 0 unspecified atom stereocenters. The molecule has 0 aliphatic carbocycles. The summed E-state index contributed by atoms with van der Waals surface area (Å²) in [6, 6.07) is 15.5. The van der Waals surface area contributed by atoms with Crippen LogP contribution in [0.5, 0.6) is 17.2 Å². The monoisotopic (exact) mass is 566 g/mol. The van der Waals surface area contributed by atoms with Crippen LogP contribution >= 0.6 is 43.5 Å². The van der Waals surface area contributed by atoms with Crippen LogP contribution in [0.1, 0.15) is 21.5 Å². The second-order valence-corrected chi connectivity index (χ2v) is 8.45. The van der Waals surface area contributed by atoms with Crippen molar-refractivity contribution in [3.8, 4) is 17.2 Å². The normalized spacial score (nSPS) is 10.8. The fourth-order valence-corrected chi connectivity index (χ4v) is 3.76. The molecule has 0 spiro atoms. The van der Waals surface area contributed by atoms with Crippen LogP contribution in [-0.4, -0.2) is 24.3 Å². The SMILES string of the molecule is COc1cc(C=NNC(=O)c2cc(Br)ccc2O)cc(Br)c1OCc1ccccc1Cl. The standard InChI is InChI=1S/C22H17Br2ClN2O4/c1-30-20-9-13(11-26-27-22(29)16-10-15(23)6-7-19(16)28)8-17(24)21(20)31-12-14-4-2-3-5-18(14)25/h2-11,28H,12H2,1H3,(H,27,29). The van der Waals surface area contributed by atoms with E-state index in [1.807, 2.05) is 18.2 Å². The van der Waals surface area contributed by atoms with Crippen molar-refractivity contribution >= 4 is 55.6 Å². The molecule has 0 aliphatic heterocycles. The van der Waals surface area contributed by atoms with Gasteiger partial charge in [0.25, 0.3) is 5.91 Å². The third-order valence-electron chi connectivity index (χ3n) is 4.16. The van der Waals surface area contributed by atoms with E-state index in [1.54, 1.807) is 24.3 Å². The molecular weight excluding hydrogens is 552 g/mol. The number of nitrogens with zero attached hydrogens (tertiary/aromatic N) is 1. The van der Waals surface area contributed by atoms with Crippen molar-refractivity contribution in [2.24, 2.45) is 5.10 Å². The van der Waals surface area contributed by atoms with Gasteiger partial charge in [0.1, 0.15) is 12.4 Å². The molecular formula is C22H17Br2ClN2O4. The molecule has 0 atom stereocenters. The molecule has 3 aromatic carbocycles. The van der Waals surface area contributed by atoms with Gasteiger partial charge in [0.15, 0.2) is 11.5 Å². The summed E-state index contributed by atoms with van der Waals surface area (Å²) < 4.78 is 12.7. The van der Waals surface area contributed by atoms with Gasteiger partial charge in [0.2, 0.25) is 0 Å². The van der Waals surface area contributed by atoms with E-state index in [0.717, 1.165) is 5.56 Å². The second kappa shape index (κ2) is 10.7. The maximum absolute atomic E-state index is 12.2. The molecule has 0 aromatic heterocycles. The predicted molar refractivity (Wildman–Crippen MR) is 127 cm³/mol. The predicted octanol–water partition coefficient (Wildman–Crippen LogP) is 5.92. The Kier molecular flexibility index (Phi) is 7.95. The van der Waals surface area contributed by atoms with Gasteiger partial charge in [-0.2, -0.15) is 5.10 Å². The highest BCUT2D eigenvalue weighted by atomic mass is 79.9. The van der Waals surface area contributed by atoms with Crippen LogP contribution in [-0.2, 0) is 6.61 Å². The number of amides is 1. The third kappa shape index (κ3) is 6.00. The zero-order chi connectivity index (χ0) is 22.4. The highest BCUT2D eigenvalue weighted by Gasteiger charge is 2.13. The van der Waals surface area contributed by atoms with Gasteiger partial charge < -0.3 is 14.6 Å². The minimum atomic E-state index is -0.541. The topological polar surface area (TPSA) is 80.2 Å². The minimum Gasteiger partial charge on any atom is -0.507 e. The molecule has 0 radical (unpaired) electrons. The second-order valence-electron chi connectivity index (χ2n) is 6.27. The van der Waals surface area contributed by atoms with Crippen molar-refractivity contribution < 1.29 is 19.4 Å². The Hall–Kier alpha value is -2.55. The molecule has 6 nitrogen and oxygen atoms in total. The van der Waals surface area contributed by atoms with E-state index in [-0.39, 0.29) is 17.9 Å². The Bertz CT molecular complexity index is 1140. The molecule has 0 fully saturated rings. The summed E-state index contributed by atoms with van der Waals surface area (Å²) in [4.78, 5) is 12.2. The number of rotatable bonds is 7. The van der Waals surface area contributed by atoms with E-state index in [2.05, 4.69) is 42.4 Å². The Balaban J connectivity index is 1.72. The smallest absolute Gasteiger partial charge is 0.275 e. The van der Waals surface area contributed by atoms with Gasteiger partial charge in [-0.3, -0.25) is 4.79 Å². The van der Waals surface area contributed by atoms with Gasteiger partial charge in [-0.05, 0) is 57.9 Å². The van der Waals surface area contributed by atoms with E-state index < -0.39 is 5.91 Å². The Morgan fingerprint density at radius 1 is 1.19 bits per heavy atom. The molecule has 31 heavy (non-hydrogen) atoms. The molecule has 0 aliphatic rings. The molecule has 3 rings (SSSR count). The van der Waals surface area contributed by atoms with Crippen molar-refractivity contribution in [1.29, 1.82) is 0 Å². The lowest BCUT2D eigenvalue weighted by Crippen LogP contribution is -2.17. The summed E-state index contributed by atoms with van der Waals surface area (Å²) in [6.07, 6.45) is 1.46. The van der Waals surface area contributed by atoms with Crippen LogP contribution in [0.4, 0.5) is 0 Å². The Labute approximate surface area is 201 Å². The molecule has 160 valence electrons. The zero-order valence-electron chi connectivity index (χ0n) is 16.2. The summed E-state index contributed by atoms with van der Waals surface area (Å²) in [5, 5.41) is 14.4. The quantitative estimate of drug-likeness (QED) is 0.274. The molecule has 0 bridgehead atoms. The number of methoxy groups -OCH3 is 1. The number of hydrogen-bond acceptors (Lipinski definition) is 5. The van der Waals surface area contributed by atoms with Gasteiger partial charge in [0.05, 0.1) is 23.4 Å². The summed E-state index contributed by atoms with van der Waals surface area (Å²) in [5.74, 6) is 0.322. The number of benzene rings is 3. The lowest BCUT2D eigenvalue weighted by Gasteiger charge is -2.14. The highest BCUT2D eigenvalue weighted by Crippen LogP contribution is 2.37. The largest absolute Gasteiger partial charge is 0.507 e. The number of carbonyl (C=O) groups excluding carboxylic acids is 1. The van der Waals surface area contributed by atoms with E-state index in [1.165, 1.54) is 25.5 Å². The lowest BCUT2D eigenvalue weighted by atomic mass is 10.2. The number of nitrogens with one attached hydrogen (secondary N) is 1. The number of phenols is 1. The Morgan fingerprint density at radius 2 is 1.97 bits per heavy atom. The van der Waals surface area contributed by atoms with E-state index in [0.29, 0.717) is 31.0 Å². The molecule has 9 heteroatoms. The number of halogens is 3. The third-order valence-corrected chi connectivity index (χ3v) is 5.62. The number of aromatic hydroxyl groups is 1. The molecule has 0 saturated carbocycles. The van der Waals surface area contributed by atoms with Crippen LogP contribution in [0.25, 0.3) is 0 Å². The van der Waals surface area contributed by atoms with Crippen molar-refractivity contribution in [1.82, 2.24) is 5.43 Å². The first-order valence-electron chi connectivity index (χ1n) is 8.94. The number of hydrazone groups is 1. The Morgan fingerprint density at radius 3 is 2.71 bits per heavy atom. The maximum atomic E-state index is 12.2. The van der Waals surface area contributed by atoms with Gasteiger partial charge >= 0.3 is 0 Å². The average Bonchev–Trinajstić information content (AvgIpc) is 2.75. The van der Waals surface area contributed by atoms with Crippen molar-refractivity contribution in [3.63, 3.8) is 0 Å². The first-order valence-corrected chi connectivity index (χ1v) is 10.9. The average molecular weight is 569 g/mol. The van der Waals surface area contributed by atoms with E-state index in [4.69, 9.17) is 21.1 Å². The van der Waals surface area contributed by atoms with Crippen LogP contribution in [0, 0.1) is 0 Å². The highest BCUT2D eigenvalue weighted by molar-refractivity contribution is 9.10. The minimum absolute atomic E-state index is 0.105. The zero-order valence-corrected chi connectivity index (χ0v) is 20.2. The summed E-state index contributed by atoms with van der Waals surface area (Å²) in [5.41, 5.74) is 4.00.